The molecule has 1 heterocycles. The van der Waals surface area contributed by atoms with E-state index in [4.69, 9.17) is 26.1 Å². The molecule has 7 N–H and O–H groups in total. The summed E-state index contributed by atoms with van der Waals surface area (Å²) in [6.45, 7) is 7.38. The van der Waals surface area contributed by atoms with Crippen LogP contribution in [0.25, 0.3) is 0 Å². The fraction of sp³-hybridized carbons (Fsp3) is 0.854. The van der Waals surface area contributed by atoms with Crippen molar-refractivity contribution in [1.29, 1.82) is 0 Å². The highest BCUT2D eigenvalue weighted by Gasteiger charge is 2.47. The number of nitrogens with one attached hydrogen (secondary N) is 3. The van der Waals surface area contributed by atoms with Gasteiger partial charge in [-0.1, -0.05) is 129 Å². The maximum Gasteiger partial charge on any atom is 0.309 e. The quantitative estimate of drug-likeness (QED) is 0.0263. The molecule has 0 radical (unpaired) electrons. The maximum atomic E-state index is 13.4. The Morgan fingerprint density at radius 3 is 1.76 bits per heavy atom. The molecule has 66 heavy (non-hydrogen) atoms. The molecular weight excluding hydrogens is 857 g/mol. The number of carbonyl (C=O) groups excluding carboxylic acids is 7. The Kier molecular flexibility index (Phi) is 32.0. The minimum atomic E-state index is -1.81. The van der Waals surface area contributed by atoms with Crippen molar-refractivity contribution >= 4 is 41.5 Å². The molecule has 0 aromatic carbocycles. The Labute approximate surface area is 395 Å². The number of amides is 4. The van der Waals surface area contributed by atoms with Crippen LogP contribution in [0.2, 0.25) is 1.41 Å². The van der Waals surface area contributed by atoms with E-state index in [-0.39, 0.29) is 37.0 Å². The fourth-order valence-electron chi connectivity index (χ4n) is 7.70. The number of carbonyl (C=O) groups is 7. The highest BCUT2D eigenvalue weighted by Crippen LogP contribution is 2.25. The van der Waals surface area contributed by atoms with Crippen LogP contribution in [0.4, 0.5) is 0 Å². The topological polar surface area (TPSA) is 268 Å². The molecule has 1 aliphatic rings. The first-order valence-corrected chi connectivity index (χ1v) is 24.7. The number of unbranched alkanes of at least 4 members (excludes halogenated alkanes) is 18. The average Bonchev–Trinajstić information content (AvgIpc) is 3.29. The van der Waals surface area contributed by atoms with Gasteiger partial charge in [-0.25, -0.2) is 0 Å². The summed E-state index contributed by atoms with van der Waals surface area (Å²) in [7, 11) is 1.15. The molecule has 1 rings (SSSR count). The molecule has 1 unspecified atom stereocenters. The first-order valence-electron chi connectivity index (χ1n) is 25.2. The predicted molar refractivity (Wildman–Crippen MR) is 247 cm³/mol. The van der Waals surface area contributed by atoms with Crippen LogP contribution in [0.1, 0.15) is 195 Å². The lowest BCUT2D eigenvalue weighted by atomic mass is 9.96. The minimum Gasteiger partial charge on any atom is -0.469 e. The maximum absolute atomic E-state index is 13.4. The fourth-order valence-corrected chi connectivity index (χ4v) is 7.70. The smallest absolute Gasteiger partial charge is 0.309 e. The minimum absolute atomic E-state index is 0.191. The third kappa shape index (κ3) is 27.1. The molecule has 0 aromatic heterocycles. The number of rotatable bonds is 38. The highest BCUT2D eigenvalue weighted by molar-refractivity contribution is 5.92. The van der Waals surface area contributed by atoms with E-state index in [1.807, 2.05) is 0 Å². The van der Waals surface area contributed by atoms with Crippen molar-refractivity contribution in [1.82, 2.24) is 15.9 Å². The SMILES string of the molecule is [2H]N(C(=O)[C@@H](C)O[C@H]1[C@H](O)[C@@H](COC(=O)C[C@@H](CCCCCCCCCCCCC)OC(=O)CCCCCCCCCCC)OC(O)[C@@H]1NC(C)=O)[C@@H](C)C(=O)N[C@@H](CCC(=O)OC)C(N)=O. The van der Waals surface area contributed by atoms with Gasteiger partial charge in [0.05, 0.1) is 13.5 Å². The van der Waals surface area contributed by atoms with Crippen LogP contribution in [0.15, 0.2) is 0 Å². The molecule has 4 amide bonds. The van der Waals surface area contributed by atoms with E-state index < -0.39 is 97.1 Å². The van der Waals surface area contributed by atoms with E-state index in [0.29, 0.717) is 12.8 Å². The third-order valence-electron chi connectivity index (χ3n) is 11.7. The zero-order valence-electron chi connectivity index (χ0n) is 41.9. The number of ether oxygens (including phenoxy) is 5. The summed E-state index contributed by atoms with van der Waals surface area (Å²) in [6.07, 6.45) is 13.7. The molecule has 18 nitrogen and oxygen atoms in total. The van der Waals surface area contributed by atoms with Gasteiger partial charge in [-0.3, -0.25) is 33.6 Å². The predicted octanol–water partition coefficient (Wildman–Crippen LogP) is 5.24. The molecule has 1 aliphatic heterocycles. The van der Waals surface area contributed by atoms with Crippen molar-refractivity contribution in [3.8, 4) is 0 Å². The lowest BCUT2D eigenvalue weighted by Gasteiger charge is -2.43. The number of aliphatic hydroxyl groups is 2. The Hall–Kier alpha value is -3.87. The Bertz CT molecular complexity index is 1460. The molecule has 0 aromatic rings. The third-order valence-corrected chi connectivity index (χ3v) is 11.7. The summed E-state index contributed by atoms with van der Waals surface area (Å²) in [5.74, 6) is -5.39. The van der Waals surface area contributed by atoms with E-state index in [9.17, 15) is 43.8 Å². The average molecular weight is 944 g/mol. The second-order valence-corrected chi connectivity index (χ2v) is 17.6. The molecule has 382 valence electrons. The molecule has 18 heteroatoms. The number of hydrogen-bond donors (Lipinski definition) is 6. The number of methoxy groups -OCH3 is 1. The number of aliphatic hydroxyl groups excluding tert-OH is 2. The molecular formula is C48H86N4O14. The van der Waals surface area contributed by atoms with Crippen LogP contribution in [-0.4, -0.2) is 120 Å². The van der Waals surface area contributed by atoms with E-state index >= 15 is 0 Å². The van der Waals surface area contributed by atoms with Crippen LogP contribution in [0, 0.1) is 0 Å². The normalized spacial score (nSPS) is 20.2. The van der Waals surface area contributed by atoms with Crippen molar-refractivity contribution in [3.05, 3.63) is 0 Å². The molecule has 1 fully saturated rings. The van der Waals surface area contributed by atoms with Crippen molar-refractivity contribution < 1.29 is 68.9 Å². The van der Waals surface area contributed by atoms with Gasteiger partial charge in [-0.2, -0.15) is 0 Å². The lowest BCUT2D eigenvalue weighted by Crippen LogP contribution is -2.66. The molecule has 0 spiro atoms. The van der Waals surface area contributed by atoms with Gasteiger partial charge in [0.2, 0.25) is 23.6 Å². The second kappa shape index (κ2) is 36.2. The van der Waals surface area contributed by atoms with Crippen LogP contribution in [0.5, 0.6) is 0 Å². The van der Waals surface area contributed by atoms with Gasteiger partial charge in [0.1, 0.15) is 55.3 Å². The number of hydrogen-bond acceptors (Lipinski definition) is 14. The van der Waals surface area contributed by atoms with E-state index in [2.05, 4.69) is 29.2 Å². The van der Waals surface area contributed by atoms with E-state index in [0.717, 1.165) is 59.0 Å². The Morgan fingerprint density at radius 1 is 0.712 bits per heavy atom. The first kappa shape index (κ1) is 58.3. The number of primary amides is 1. The largest absolute Gasteiger partial charge is 0.469 e. The number of esters is 3. The molecule has 9 atom stereocenters. The standard InChI is InChI=1S/C48H86N4O14/c1-7-9-11-13-15-17-18-20-21-23-25-27-36(65-40(55)28-26-24-22-19-16-14-12-10-8-2)31-41(56)63-32-38-43(57)44(42(48(61)66-38)51-35(5)53)64-34(4)47(60)50-33(3)46(59)52-37(45(49)58)29-30-39(54)62-6/h33-34,36-38,42-44,48,57,61H,7-32H2,1-6H3,(H2,49,58)(H,50,60)(H,51,53)(H,52,59)/t33-,34+,36+,37-,38+,42+,43+,44+,48?/m0/s1/i/hD. The zero-order chi connectivity index (χ0) is 50.1. The molecule has 0 aliphatic carbocycles. The van der Waals surface area contributed by atoms with Gasteiger partial charge in [-0.05, 0) is 39.5 Å². The van der Waals surface area contributed by atoms with Crippen molar-refractivity contribution in [2.45, 2.75) is 250 Å². The van der Waals surface area contributed by atoms with Crippen LogP contribution >= 0.6 is 0 Å². The van der Waals surface area contributed by atoms with Gasteiger partial charge < -0.3 is 55.6 Å². The van der Waals surface area contributed by atoms with Gasteiger partial charge in [-0.15, -0.1) is 0 Å². The van der Waals surface area contributed by atoms with Crippen molar-refractivity contribution in [2.24, 2.45) is 5.73 Å². The summed E-state index contributed by atoms with van der Waals surface area (Å²) in [6, 6.07) is -4.24. The second-order valence-electron chi connectivity index (χ2n) is 17.6. The van der Waals surface area contributed by atoms with Gasteiger partial charge >= 0.3 is 17.9 Å². The molecule has 0 saturated carbocycles. The summed E-state index contributed by atoms with van der Waals surface area (Å²) >= 11 is 0. The van der Waals surface area contributed by atoms with Crippen molar-refractivity contribution in [2.75, 3.05) is 13.7 Å². The van der Waals surface area contributed by atoms with Crippen LogP contribution in [0.3, 0.4) is 0 Å². The number of nitrogens with two attached hydrogens (primary N) is 1. The summed E-state index contributed by atoms with van der Waals surface area (Å²) in [5.41, 5.74) is 5.36. The van der Waals surface area contributed by atoms with E-state index in [1.165, 1.54) is 90.9 Å². The first-order chi connectivity index (χ1) is 32.0. The summed E-state index contributed by atoms with van der Waals surface area (Å²) in [4.78, 5) is 88.1. The molecule has 0 bridgehead atoms. The summed E-state index contributed by atoms with van der Waals surface area (Å²) < 4.78 is 35.6. The highest BCUT2D eigenvalue weighted by atomic mass is 16.6. The van der Waals surface area contributed by atoms with E-state index in [1.54, 1.807) is 0 Å². The van der Waals surface area contributed by atoms with Crippen LogP contribution < -0.4 is 21.7 Å². The monoisotopic (exact) mass is 944 g/mol. The zero-order valence-corrected chi connectivity index (χ0v) is 40.9. The van der Waals surface area contributed by atoms with Crippen molar-refractivity contribution in [3.63, 3.8) is 0 Å². The van der Waals surface area contributed by atoms with Gasteiger partial charge in [0, 0.05) is 19.8 Å². The van der Waals surface area contributed by atoms with Gasteiger partial charge in [0.25, 0.3) is 0 Å². The van der Waals surface area contributed by atoms with Crippen LogP contribution in [-0.2, 0) is 57.2 Å². The summed E-state index contributed by atoms with van der Waals surface area (Å²) in [5, 5.41) is 27.4. The van der Waals surface area contributed by atoms with Gasteiger partial charge in [0.15, 0.2) is 7.70 Å². The lowest BCUT2D eigenvalue weighted by molar-refractivity contribution is -0.267. The Balaban J connectivity index is 2.94. The Morgan fingerprint density at radius 2 is 1.24 bits per heavy atom. The molecule has 1 saturated heterocycles.